The Kier molecular flexibility index (Phi) is 9.47. The fourth-order valence-electron chi connectivity index (χ4n) is 3.63. The summed E-state index contributed by atoms with van der Waals surface area (Å²) >= 11 is 0. The Balaban J connectivity index is 0.000000614. The first-order valence-electron chi connectivity index (χ1n) is 10.7. The van der Waals surface area contributed by atoms with Crippen LogP contribution in [-0.4, -0.2) is 56.6 Å². The third kappa shape index (κ3) is 7.96. The third-order valence-corrected chi connectivity index (χ3v) is 4.76. The van der Waals surface area contributed by atoms with Crippen molar-refractivity contribution < 1.29 is 19.2 Å². The number of benzene rings is 3. The highest BCUT2D eigenvalue weighted by Crippen LogP contribution is 2.42. The van der Waals surface area contributed by atoms with Crippen LogP contribution in [0.5, 0.6) is 0 Å². The molecule has 0 atom stereocenters. The summed E-state index contributed by atoms with van der Waals surface area (Å²) in [6.45, 7) is 0.284. The molecule has 0 bridgehead atoms. The maximum atomic E-state index is 8.97. The van der Waals surface area contributed by atoms with Gasteiger partial charge in [-0.3, -0.25) is 0 Å². The van der Waals surface area contributed by atoms with E-state index in [1.165, 1.54) is 16.7 Å². The molecule has 0 aliphatic carbocycles. The van der Waals surface area contributed by atoms with Gasteiger partial charge in [-0.2, -0.15) is 0 Å². The summed E-state index contributed by atoms with van der Waals surface area (Å²) in [5.74, 6) is 0. The molecule has 164 valence electrons. The highest BCUT2D eigenvalue weighted by molar-refractivity contribution is 6.32. The number of hydrogen-bond donors (Lipinski definition) is 2. The van der Waals surface area contributed by atoms with E-state index in [4.69, 9.17) is 14.7 Å². The smallest absolute Gasteiger partial charge is 0.402 e. The van der Waals surface area contributed by atoms with Gasteiger partial charge in [-0.15, -0.1) is 0 Å². The average Bonchev–Trinajstić information content (AvgIpc) is 2.75. The summed E-state index contributed by atoms with van der Waals surface area (Å²) in [4.78, 5) is 0. The molecule has 31 heavy (non-hydrogen) atoms. The Morgan fingerprint density at radius 3 is 1.29 bits per heavy atom. The van der Waals surface area contributed by atoms with Crippen molar-refractivity contribution in [2.45, 2.75) is 18.3 Å². The van der Waals surface area contributed by atoms with Crippen LogP contribution in [0.4, 0.5) is 0 Å². The minimum atomic E-state index is -1.73. The molecule has 0 aromatic heterocycles. The van der Waals surface area contributed by atoms with Gasteiger partial charge in [-0.25, -0.2) is 0 Å². The summed E-state index contributed by atoms with van der Waals surface area (Å²) < 4.78 is 5.96. The molecule has 0 radical (unpaired) electrons. The first kappa shape index (κ1) is 24.8. The zero-order valence-electron chi connectivity index (χ0n) is 19.1. The van der Waals surface area contributed by atoms with E-state index in [0.29, 0.717) is 6.42 Å². The van der Waals surface area contributed by atoms with E-state index < -0.39 is 7.32 Å². The van der Waals surface area contributed by atoms with Gasteiger partial charge in [0.15, 0.2) is 0 Å². The highest BCUT2D eigenvalue weighted by Gasteiger charge is 2.35. The number of rotatable bonds is 8. The molecule has 3 aromatic carbocycles. The summed E-state index contributed by atoms with van der Waals surface area (Å²) in [6.07, 6.45) is 1.48. The van der Waals surface area contributed by atoms with E-state index in [-0.39, 0.29) is 12.0 Å². The van der Waals surface area contributed by atoms with E-state index in [9.17, 15) is 0 Å². The largest absolute Gasteiger partial charge is 0.633 e. The molecular weight excluding hydrogens is 385 g/mol. The van der Waals surface area contributed by atoms with Crippen LogP contribution in [0.1, 0.15) is 29.5 Å². The van der Waals surface area contributed by atoms with Gasteiger partial charge < -0.3 is 19.2 Å². The normalized spacial score (nSPS) is 11.4. The lowest BCUT2D eigenvalue weighted by Gasteiger charge is -2.36. The van der Waals surface area contributed by atoms with Crippen LogP contribution in [0.25, 0.3) is 0 Å². The monoisotopic (exact) mass is 420 g/mol. The quantitative estimate of drug-likeness (QED) is 0.250. The van der Waals surface area contributed by atoms with E-state index >= 15 is 0 Å². The SMILES string of the molecule is C[N+](C)(C)C.OB(O)OCCCC(c1ccccc1)(c1ccccc1)c1ccccc1. The molecule has 0 aliphatic rings. The number of quaternary nitrogens is 1. The molecule has 0 spiro atoms. The van der Waals surface area contributed by atoms with Crippen molar-refractivity contribution in [1.82, 2.24) is 0 Å². The van der Waals surface area contributed by atoms with Crippen molar-refractivity contribution in [1.29, 1.82) is 0 Å². The molecule has 4 nitrogen and oxygen atoms in total. The standard InChI is InChI=1S/C22H23BO3.C4H12N/c24-23(25)26-18-10-17-22(19-11-4-1-5-12-19,20-13-6-2-7-14-20)21-15-8-3-9-16-21;1-5(2,3)4/h1-9,11-16,24-25H,10,17-18H2;1-4H3/q;+1. The molecule has 3 aromatic rings. The molecule has 0 aliphatic heterocycles. The van der Waals surface area contributed by atoms with Gasteiger partial charge in [-0.05, 0) is 29.5 Å². The van der Waals surface area contributed by atoms with Gasteiger partial charge in [0.05, 0.1) is 28.2 Å². The van der Waals surface area contributed by atoms with Crippen LogP contribution in [0, 0.1) is 0 Å². The molecular formula is C26H35BNO3+. The molecule has 0 saturated carbocycles. The molecule has 3 rings (SSSR count). The van der Waals surface area contributed by atoms with E-state index in [1.54, 1.807) is 0 Å². The van der Waals surface area contributed by atoms with Crippen molar-refractivity contribution in [2.24, 2.45) is 0 Å². The first-order chi connectivity index (χ1) is 14.7. The van der Waals surface area contributed by atoms with Gasteiger partial charge in [0.2, 0.25) is 0 Å². The Morgan fingerprint density at radius 2 is 1.00 bits per heavy atom. The molecule has 0 amide bonds. The Morgan fingerprint density at radius 1 is 0.677 bits per heavy atom. The lowest BCUT2D eigenvalue weighted by molar-refractivity contribution is -0.849. The average molecular weight is 420 g/mol. The van der Waals surface area contributed by atoms with Crippen LogP contribution >= 0.6 is 0 Å². The Hall–Kier alpha value is -2.44. The van der Waals surface area contributed by atoms with Crippen molar-refractivity contribution in [2.75, 3.05) is 34.8 Å². The number of nitrogens with zero attached hydrogens (tertiary/aromatic N) is 1. The van der Waals surface area contributed by atoms with Crippen molar-refractivity contribution in [3.63, 3.8) is 0 Å². The molecule has 0 heterocycles. The molecule has 0 saturated heterocycles. The zero-order valence-corrected chi connectivity index (χ0v) is 19.1. The summed E-state index contributed by atoms with van der Waals surface area (Å²) in [5, 5.41) is 17.9. The van der Waals surface area contributed by atoms with E-state index in [1.807, 2.05) is 18.2 Å². The summed E-state index contributed by atoms with van der Waals surface area (Å²) in [6, 6.07) is 31.4. The number of hydrogen-bond acceptors (Lipinski definition) is 3. The fraction of sp³-hybridized carbons (Fsp3) is 0.308. The first-order valence-corrected chi connectivity index (χ1v) is 10.7. The van der Waals surface area contributed by atoms with Crippen LogP contribution < -0.4 is 0 Å². The second kappa shape index (κ2) is 11.8. The van der Waals surface area contributed by atoms with Crippen molar-refractivity contribution in [3.8, 4) is 0 Å². The maximum Gasteiger partial charge on any atom is 0.633 e. The third-order valence-electron chi connectivity index (χ3n) is 4.76. The second-order valence-electron chi connectivity index (χ2n) is 8.99. The molecule has 2 N–H and O–H groups in total. The van der Waals surface area contributed by atoms with Gasteiger partial charge in [0.25, 0.3) is 0 Å². The molecule has 0 fully saturated rings. The van der Waals surface area contributed by atoms with E-state index in [2.05, 4.69) is 101 Å². The molecule has 5 heteroatoms. The topological polar surface area (TPSA) is 49.7 Å². The van der Waals surface area contributed by atoms with Gasteiger partial charge in [-0.1, -0.05) is 91.0 Å². The van der Waals surface area contributed by atoms with Gasteiger partial charge in [0, 0.05) is 12.0 Å². The highest BCUT2D eigenvalue weighted by atomic mass is 16.6. The van der Waals surface area contributed by atoms with Crippen LogP contribution in [0.15, 0.2) is 91.0 Å². The lowest BCUT2D eigenvalue weighted by Crippen LogP contribution is -2.30. The minimum absolute atomic E-state index is 0.284. The van der Waals surface area contributed by atoms with Crippen LogP contribution in [-0.2, 0) is 10.1 Å². The predicted octanol–water partition coefficient (Wildman–Crippen LogP) is 4.11. The summed E-state index contributed by atoms with van der Waals surface area (Å²) in [5.41, 5.74) is 3.30. The van der Waals surface area contributed by atoms with Crippen LogP contribution in [0.2, 0.25) is 0 Å². The lowest BCUT2D eigenvalue weighted by atomic mass is 9.67. The van der Waals surface area contributed by atoms with E-state index in [0.717, 1.165) is 10.9 Å². The van der Waals surface area contributed by atoms with Crippen molar-refractivity contribution in [3.05, 3.63) is 108 Å². The maximum absolute atomic E-state index is 8.97. The van der Waals surface area contributed by atoms with Gasteiger partial charge >= 0.3 is 7.32 Å². The van der Waals surface area contributed by atoms with Crippen LogP contribution in [0.3, 0.4) is 0 Å². The summed E-state index contributed by atoms with van der Waals surface area (Å²) in [7, 11) is 6.77. The van der Waals surface area contributed by atoms with Gasteiger partial charge in [0.1, 0.15) is 0 Å². The second-order valence-corrected chi connectivity index (χ2v) is 8.99. The fourth-order valence-corrected chi connectivity index (χ4v) is 3.63. The Labute approximate surface area is 187 Å². The molecule has 0 unspecified atom stereocenters. The Bertz CT molecular complexity index is 763. The zero-order chi connectivity index (χ0) is 22.7. The van der Waals surface area contributed by atoms with Crippen molar-refractivity contribution >= 4 is 7.32 Å². The minimum Gasteiger partial charge on any atom is -0.402 e. The predicted molar refractivity (Wildman–Crippen MR) is 129 cm³/mol.